The zero-order chi connectivity index (χ0) is 9.30. The van der Waals surface area contributed by atoms with Crippen LogP contribution in [0.25, 0.3) is 0 Å². The minimum Gasteiger partial charge on any atom is -0.507 e. The number of aryl methyl sites for hydroxylation is 1. The Balaban J connectivity index is 3.33. The second-order valence-electron chi connectivity index (χ2n) is 2.92. The van der Waals surface area contributed by atoms with Gasteiger partial charge >= 0.3 is 0 Å². The summed E-state index contributed by atoms with van der Waals surface area (Å²) in [5, 5.41) is 9.43. The molecule has 3 heteroatoms. The molecule has 0 unspecified atom stereocenters. The number of hydrogen-bond acceptors (Lipinski definition) is 2. The molecule has 2 nitrogen and oxygen atoms in total. The van der Waals surface area contributed by atoms with E-state index in [2.05, 4.69) is 0 Å². The van der Waals surface area contributed by atoms with E-state index in [9.17, 15) is 9.50 Å². The fourth-order valence-electron chi connectivity index (χ4n) is 1.13. The summed E-state index contributed by atoms with van der Waals surface area (Å²) < 4.78 is 13.0. The first-order valence-electron chi connectivity index (χ1n) is 3.77. The Kier molecular flexibility index (Phi) is 2.33. The molecule has 0 saturated carbocycles. The maximum Gasteiger partial charge on any atom is 0.131 e. The molecule has 0 bridgehead atoms. The van der Waals surface area contributed by atoms with Gasteiger partial charge in [-0.1, -0.05) is 6.07 Å². The van der Waals surface area contributed by atoms with Crippen LogP contribution in [-0.2, 0) is 0 Å². The molecule has 1 aromatic rings. The van der Waals surface area contributed by atoms with Gasteiger partial charge in [-0.3, -0.25) is 0 Å². The largest absolute Gasteiger partial charge is 0.507 e. The van der Waals surface area contributed by atoms with Crippen LogP contribution >= 0.6 is 0 Å². The molecule has 0 spiro atoms. The van der Waals surface area contributed by atoms with Gasteiger partial charge in [0.15, 0.2) is 0 Å². The molecule has 0 fully saturated rings. The van der Waals surface area contributed by atoms with E-state index in [0.717, 1.165) is 0 Å². The zero-order valence-corrected chi connectivity index (χ0v) is 7.13. The standard InChI is InChI=1S/C9H12FNO/c1-5-3-4-7(10)8(6(2)11)9(5)12/h3-4,6,12H,11H2,1-2H3/t6-/m1/s1. The summed E-state index contributed by atoms with van der Waals surface area (Å²) in [6, 6.07) is 2.36. The first-order chi connectivity index (χ1) is 5.54. The number of phenols is 1. The van der Waals surface area contributed by atoms with E-state index in [1.54, 1.807) is 13.8 Å². The van der Waals surface area contributed by atoms with Gasteiger partial charge in [0.25, 0.3) is 0 Å². The van der Waals surface area contributed by atoms with Crippen molar-refractivity contribution in [2.45, 2.75) is 19.9 Å². The molecule has 0 saturated heterocycles. The van der Waals surface area contributed by atoms with E-state index in [-0.39, 0.29) is 11.3 Å². The summed E-state index contributed by atoms with van der Waals surface area (Å²) in [5.74, 6) is -0.488. The number of nitrogens with two attached hydrogens (primary N) is 1. The molecule has 0 aromatic heterocycles. The van der Waals surface area contributed by atoms with E-state index in [4.69, 9.17) is 5.73 Å². The quantitative estimate of drug-likeness (QED) is 0.674. The monoisotopic (exact) mass is 169 g/mol. The Hall–Kier alpha value is -1.09. The van der Waals surface area contributed by atoms with Crippen molar-refractivity contribution >= 4 is 0 Å². The maximum absolute atomic E-state index is 13.0. The Bertz CT molecular complexity index is 297. The van der Waals surface area contributed by atoms with Gasteiger partial charge in [0.05, 0.1) is 0 Å². The summed E-state index contributed by atoms with van der Waals surface area (Å²) in [6.45, 7) is 3.35. The minimum absolute atomic E-state index is 0.0370. The highest BCUT2D eigenvalue weighted by Gasteiger charge is 2.13. The summed E-state index contributed by atoms with van der Waals surface area (Å²) in [7, 11) is 0. The highest BCUT2D eigenvalue weighted by molar-refractivity contribution is 5.41. The summed E-state index contributed by atoms with van der Waals surface area (Å²) >= 11 is 0. The average molecular weight is 169 g/mol. The molecule has 3 N–H and O–H groups in total. The first kappa shape index (κ1) is 9.00. The van der Waals surface area contributed by atoms with Crippen molar-refractivity contribution < 1.29 is 9.50 Å². The van der Waals surface area contributed by atoms with Crippen LogP contribution in [0.1, 0.15) is 24.1 Å². The van der Waals surface area contributed by atoms with E-state index >= 15 is 0 Å². The SMILES string of the molecule is Cc1ccc(F)c([C@@H](C)N)c1O. The number of phenolic OH excluding ortho intramolecular Hbond substituents is 1. The number of hydrogen-bond donors (Lipinski definition) is 2. The van der Waals surface area contributed by atoms with Crippen LogP contribution in [0.2, 0.25) is 0 Å². The molecule has 0 heterocycles. The normalized spacial score (nSPS) is 13.0. The third-order valence-corrected chi connectivity index (χ3v) is 1.82. The number of benzene rings is 1. The van der Waals surface area contributed by atoms with Gasteiger partial charge in [-0.25, -0.2) is 4.39 Å². The van der Waals surface area contributed by atoms with Gasteiger partial charge in [0, 0.05) is 11.6 Å². The smallest absolute Gasteiger partial charge is 0.131 e. The van der Waals surface area contributed by atoms with Gasteiger partial charge in [0.2, 0.25) is 0 Å². The molecule has 66 valence electrons. The lowest BCUT2D eigenvalue weighted by Crippen LogP contribution is -2.08. The fourth-order valence-corrected chi connectivity index (χ4v) is 1.13. The summed E-state index contributed by atoms with van der Waals surface area (Å²) in [6.07, 6.45) is 0. The lowest BCUT2D eigenvalue weighted by molar-refractivity contribution is 0.448. The third-order valence-electron chi connectivity index (χ3n) is 1.82. The molecule has 1 atom stereocenters. The highest BCUT2D eigenvalue weighted by Crippen LogP contribution is 2.28. The predicted molar refractivity (Wildman–Crippen MR) is 45.4 cm³/mol. The number of halogens is 1. The fraction of sp³-hybridized carbons (Fsp3) is 0.333. The lowest BCUT2D eigenvalue weighted by atomic mass is 10.0. The van der Waals surface area contributed by atoms with E-state index < -0.39 is 11.9 Å². The van der Waals surface area contributed by atoms with Gasteiger partial charge in [0.1, 0.15) is 11.6 Å². The van der Waals surface area contributed by atoms with Crippen molar-refractivity contribution in [3.63, 3.8) is 0 Å². The Morgan fingerprint density at radius 1 is 1.50 bits per heavy atom. The second kappa shape index (κ2) is 3.11. The van der Waals surface area contributed by atoms with Gasteiger partial charge < -0.3 is 10.8 Å². The highest BCUT2D eigenvalue weighted by atomic mass is 19.1. The molecular weight excluding hydrogens is 157 g/mol. The van der Waals surface area contributed by atoms with Gasteiger partial charge in [-0.2, -0.15) is 0 Å². The van der Waals surface area contributed by atoms with Crippen LogP contribution in [0, 0.1) is 12.7 Å². The molecule has 0 radical (unpaired) electrons. The summed E-state index contributed by atoms with van der Waals surface area (Å²) in [4.78, 5) is 0. The minimum atomic E-state index is -0.482. The molecule has 1 rings (SSSR count). The Labute approximate surface area is 70.8 Å². The molecule has 0 amide bonds. The average Bonchev–Trinajstić information content (AvgIpc) is 1.97. The predicted octanol–water partition coefficient (Wildman–Crippen LogP) is 1.86. The van der Waals surface area contributed by atoms with Crippen LogP contribution < -0.4 is 5.73 Å². The maximum atomic E-state index is 13.0. The first-order valence-corrected chi connectivity index (χ1v) is 3.77. The Morgan fingerprint density at radius 2 is 2.08 bits per heavy atom. The van der Waals surface area contributed by atoms with E-state index in [0.29, 0.717) is 5.56 Å². The number of aromatic hydroxyl groups is 1. The second-order valence-corrected chi connectivity index (χ2v) is 2.92. The van der Waals surface area contributed by atoms with Gasteiger partial charge in [-0.05, 0) is 25.5 Å². The van der Waals surface area contributed by atoms with Crippen LogP contribution in [-0.4, -0.2) is 5.11 Å². The van der Waals surface area contributed by atoms with Crippen LogP contribution in [0.4, 0.5) is 4.39 Å². The van der Waals surface area contributed by atoms with Crippen molar-refractivity contribution in [3.8, 4) is 5.75 Å². The zero-order valence-electron chi connectivity index (χ0n) is 7.13. The molecule has 0 aliphatic rings. The van der Waals surface area contributed by atoms with E-state index in [1.165, 1.54) is 12.1 Å². The van der Waals surface area contributed by atoms with Crippen molar-refractivity contribution in [2.24, 2.45) is 5.73 Å². The lowest BCUT2D eigenvalue weighted by Gasteiger charge is -2.11. The molecule has 1 aromatic carbocycles. The summed E-state index contributed by atoms with van der Waals surface area (Å²) in [5.41, 5.74) is 6.32. The van der Waals surface area contributed by atoms with Gasteiger partial charge in [-0.15, -0.1) is 0 Å². The van der Waals surface area contributed by atoms with Crippen molar-refractivity contribution in [1.29, 1.82) is 0 Å². The molecule has 12 heavy (non-hydrogen) atoms. The van der Waals surface area contributed by atoms with Crippen LogP contribution in [0.15, 0.2) is 12.1 Å². The van der Waals surface area contributed by atoms with Crippen molar-refractivity contribution in [3.05, 3.63) is 29.1 Å². The Morgan fingerprint density at radius 3 is 2.50 bits per heavy atom. The van der Waals surface area contributed by atoms with Crippen LogP contribution in [0.5, 0.6) is 5.75 Å². The van der Waals surface area contributed by atoms with Crippen molar-refractivity contribution in [2.75, 3.05) is 0 Å². The topological polar surface area (TPSA) is 46.2 Å². The molecule has 0 aliphatic heterocycles. The third kappa shape index (κ3) is 1.41. The molecule has 0 aliphatic carbocycles. The van der Waals surface area contributed by atoms with Crippen molar-refractivity contribution in [1.82, 2.24) is 0 Å². The van der Waals surface area contributed by atoms with E-state index in [1.807, 2.05) is 0 Å². The number of rotatable bonds is 1. The van der Waals surface area contributed by atoms with Crippen LogP contribution in [0.3, 0.4) is 0 Å². The molecular formula is C9H12FNO.